The molecule has 0 saturated carbocycles. The Labute approximate surface area is 116 Å². The highest BCUT2D eigenvalue weighted by Gasteiger charge is 2.15. The second kappa shape index (κ2) is 5.40. The lowest BCUT2D eigenvalue weighted by molar-refractivity contribution is 0.568. The first-order valence-corrected chi connectivity index (χ1v) is 6.88. The number of rotatable bonds is 2. The third-order valence-electron chi connectivity index (χ3n) is 3.48. The summed E-state index contributed by atoms with van der Waals surface area (Å²) in [7, 11) is 0. The van der Waals surface area contributed by atoms with Crippen molar-refractivity contribution in [3.05, 3.63) is 34.6 Å². The Balaban J connectivity index is 1.96. The number of hydrogen-bond donors (Lipinski definition) is 1. The van der Waals surface area contributed by atoms with Gasteiger partial charge in [-0.1, -0.05) is 0 Å². The maximum absolute atomic E-state index is 12.0. The average molecular weight is 271 g/mol. The van der Waals surface area contributed by atoms with Crippen LogP contribution in [0.15, 0.2) is 23.3 Å². The molecule has 1 N–H and O–H groups in total. The highest BCUT2D eigenvalue weighted by atomic mass is 16.1. The number of aryl methyl sites for hydroxylation is 1. The van der Waals surface area contributed by atoms with E-state index in [-0.39, 0.29) is 5.56 Å². The number of piperidine rings is 1. The second-order valence-electron chi connectivity index (χ2n) is 5.00. The lowest BCUT2D eigenvalue weighted by Gasteiger charge is -2.26. The smallest absolute Gasteiger partial charge is 0.260 e. The Kier molecular flexibility index (Phi) is 3.45. The number of aromatic nitrogens is 4. The molecule has 0 radical (unpaired) electrons. The molecule has 1 aliphatic rings. The number of aromatic amines is 1. The van der Waals surface area contributed by atoms with Crippen LogP contribution in [-0.2, 0) is 0 Å². The first-order chi connectivity index (χ1) is 9.74. The van der Waals surface area contributed by atoms with Gasteiger partial charge in [0.2, 0.25) is 5.95 Å². The molecule has 3 rings (SSSR count). The van der Waals surface area contributed by atoms with Crippen LogP contribution in [0.5, 0.6) is 0 Å². The molecule has 2 aromatic heterocycles. The van der Waals surface area contributed by atoms with E-state index in [1.54, 1.807) is 25.4 Å². The third kappa shape index (κ3) is 2.54. The van der Waals surface area contributed by atoms with Gasteiger partial charge < -0.3 is 9.88 Å². The molecule has 0 bridgehead atoms. The third-order valence-corrected chi connectivity index (χ3v) is 3.48. The van der Waals surface area contributed by atoms with Crippen molar-refractivity contribution in [2.75, 3.05) is 18.0 Å². The van der Waals surface area contributed by atoms with Crippen LogP contribution in [0, 0.1) is 6.92 Å². The fourth-order valence-corrected chi connectivity index (χ4v) is 2.41. The summed E-state index contributed by atoms with van der Waals surface area (Å²) in [6.45, 7) is 3.71. The molecule has 6 nitrogen and oxygen atoms in total. The van der Waals surface area contributed by atoms with Crippen LogP contribution < -0.4 is 10.5 Å². The summed E-state index contributed by atoms with van der Waals surface area (Å²) >= 11 is 0. The molecular formula is C14H17N5O. The predicted molar refractivity (Wildman–Crippen MR) is 76.7 cm³/mol. The lowest BCUT2D eigenvalue weighted by atomic mass is 10.1. The Morgan fingerprint density at radius 1 is 1.20 bits per heavy atom. The van der Waals surface area contributed by atoms with Crippen molar-refractivity contribution in [1.29, 1.82) is 0 Å². The summed E-state index contributed by atoms with van der Waals surface area (Å²) < 4.78 is 0. The highest BCUT2D eigenvalue weighted by Crippen LogP contribution is 2.18. The van der Waals surface area contributed by atoms with E-state index in [1.165, 1.54) is 19.3 Å². The number of H-pyrrole nitrogens is 1. The summed E-state index contributed by atoms with van der Waals surface area (Å²) in [4.78, 5) is 29.8. The van der Waals surface area contributed by atoms with Gasteiger partial charge in [-0.3, -0.25) is 4.79 Å². The van der Waals surface area contributed by atoms with E-state index in [4.69, 9.17) is 0 Å². The fourth-order valence-electron chi connectivity index (χ4n) is 2.41. The zero-order valence-electron chi connectivity index (χ0n) is 11.5. The molecule has 20 heavy (non-hydrogen) atoms. The summed E-state index contributed by atoms with van der Waals surface area (Å²) in [5.74, 6) is 1.30. The summed E-state index contributed by atoms with van der Waals surface area (Å²) in [5, 5.41) is 0. The highest BCUT2D eigenvalue weighted by molar-refractivity contribution is 5.57. The number of hydrogen-bond acceptors (Lipinski definition) is 5. The minimum absolute atomic E-state index is 0.166. The first kappa shape index (κ1) is 12.8. The van der Waals surface area contributed by atoms with Gasteiger partial charge >= 0.3 is 0 Å². The van der Waals surface area contributed by atoms with Crippen molar-refractivity contribution >= 4 is 5.95 Å². The van der Waals surface area contributed by atoms with E-state index in [1.807, 2.05) is 0 Å². The van der Waals surface area contributed by atoms with Crippen molar-refractivity contribution in [1.82, 2.24) is 19.9 Å². The Morgan fingerprint density at radius 3 is 2.75 bits per heavy atom. The minimum atomic E-state index is -0.166. The summed E-state index contributed by atoms with van der Waals surface area (Å²) in [6.07, 6.45) is 6.86. The van der Waals surface area contributed by atoms with Gasteiger partial charge in [0.25, 0.3) is 5.56 Å². The lowest BCUT2D eigenvalue weighted by Crippen LogP contribution is -2.31. The van der Waals surface area contributed by atoms with E-state index in [0.29, 0.717) is 23.0 Å². The number of nitrogens with one attached hydrogen (secondary N) is 1. The molecule has 104 valence electrons. The molecule has 6 heteroatoms. The molecule has 0 spiro atoms. The minimum Gasteiger partial charge on any atom is -0.341 e. The molecule has 0 amide bonds. The zero-order chi connectivity index (χ0) is 13.9. The zero-order valence-corrected chi connectivity index (χ0v) is 11.5. The number of nitrogens with zero attached hydrogens (tertiary/aromatic N) is 4. The molecule has 0 aromatic carbocycles. The summed E-state index contributed by atoms with van der Waals surface area (Å²) in [5.41, 5.74) is 0.936. The SMILES string of the molecule is Cc1ncc(-c2ccnc(N3CCCCC3)n2)c(=O)[nH]1. The Morgan fingerprint density at radius 2 is 2.00 bits per heavy atom. The largest absolute Gasteiger partial charge is 0.341 e. The van der Waals surface area contributed by atoms with Gasteiger partial charge in [0.05, 0.1) is 11.3 Å². The van der Waals surface area contributed by atoms with Crippen molar-refractivity contribution in [2.45, 2.75) is 26.2 Å². The van der Waals surface area contributed by atoms with Gasteiger partial charge in [-0.25, -0.2) is 15.0 Å². The van der Waals surface area contributed by atoms with Crippen LogP contribution in [0.3, 0.4) is 0 Å². The van der Waals surface area contributed by atoms with E-state index < -0.39 is 0 Å². The standard InChI is InChI=1S/C14H17N5O/c1-10-16-9-11(13(20)17-10)12-5-6-15-14(18-12)19-7-3-2-4-8-19/h5-6,9H,2-4,7-8H2,1H3,(H,16,17,20). The van der Waals surface area contributed by atoms with E-state index in [0.717, 1.165) is 13.1 Å². The van der Waals surface area contributed by atoms with Gasteiger partial charge in [0, 0.05) is 25.5 Å². The van der Waals surface area contributed by atoms with Gasteiger partial charge in [0.15, 0.2) is 0 Å². The molecule has 3 heterocycles. The fraction of sp³-hybridized carbons (Fsp3) is 0.429. The van der Waals surface area contributed by atoms with Crippen molar-refractivity contribution in [2.24, 2.45) is 0 Å². The number of anilines is 1. The van der Waals surface area contributed by atoms with Gasteiger partial charge in [-0.15, -0.1) is 0 Å². The van der Waals surface area contributed by atoms with Crippen LogP contribution in [0.4, 0.5) is 5.95 Å². The van der Waals surface area contributed by atoms with Crippen LogP contribution in [-0.4, -0.2) is 33.0 Å². The molecule has 0 atom stereocenters. The van der Waals surface area contributed by atoms with Crippen LogP contribution in [0.2, 0.25) is 0 Å². The Bertz CT molecular complexity index is 661. The van der Waals surface area contributed by atoms with Gasteiger partial charge in [-0.05, 0) is 32.3 Å². The molecule has 1 fully saturated rings. The van der Waals surface area contributed by atoms with Crippen LogP contribution in [0.25, 0.3) is 11.3 Å². The van der Waals surface area contributed by atoms with Gasteiger partial charge in [0.1, 0.15) is 5.82 Å². The maximum Gasteiger partial charge on any atom is 0.260 e. The Hall–Kier alpha value is -2.24. The van der Waals surface area contributed by atoms with Gasteiger partial charge in [-0.2, -0.15) is 0 Å². The monoisotopic (exact) mass is 271 g/mol. The van der Waals surface area contributed by atoms with E-state index in [9.17, 15) is 4.79 Å². The molecule has 1 saturated heterocycles. The van der Waals surface area contributed by atoms with Crippen LogP contribution in [0.1, 0.15) is 25.1 Å². The molecule has 0 aliphatic carbocycles. The molecule has 2 aromatic rings. The molecule has 0 unspecified atom stereocenters. The predicted octanol–water partition coefficient (Wildman–Crippen LogP) is 1.53. The van der Waals surface area contributed by atoms with Crippen molar-refractivity contribution < 1.29 is 0 Å². The quantitative estimate of drug-likeness (QED) is 0.896. The summed E-state index contributed by atoms with van der Waals surface area (Å²) in [6, 6.07) is 1.75. The second-order valence-corrected chi connectivity index (χ2v) is 5.00. The van der Waals surface area contributed by atoms with E-state index in [2.05, 4.69) is 24.8 Å². The van der Waals surface area contributed by atoms with Crippen LogP contribution >= 0.6 is 0 Å². The normalized spacial score (nSPS) is 15.3. The molecular weight excluding hydrogens is 254 g/mol. The van der Waals surface area contributed by atoms with Crippen molar-refractivity contribution in [3.63, 3.8) is 0 Å². The average Bonchev–Trinajstić information content (AvgIpc) is 2.48. The first-order valence-electron chi connectivity index (χ1n) is 6.88. The maximum atomic E-state index is 12.0. The topological polar surface area (TPSA) is 74.8 Å². The molecule has 1 aliphatic heterocycles. The van der Waals surface area contributed by atoms with Crippen molar-refractivity contribution in [3.8, 4) is 11.3 Å². The van der Waals surface area contributed by atoms with E-state index >= 15 is 0 Å².